The topological polar surface area (TPSA) is 0 Å². The number of rotatable bonds is 2. The first-order chi connectivity index (χ1) is 11.4. The average molecular weight is 463 g/mol. The van der Waals surface area contributed by atoms with E-state index < -0.39 is 23.2 Å². The summed E-state index contributed by atoms with van der Waals surface area (Å²) in [6, 6.07) is 16.0. The Morgan fingerprint density at radius 3 is 2.00 bits per heavy atom. The van der Waals surface area contributed by atoms with Crippen LogP contribution in [0.15, 0.2) is 64.8 Å². The predicted octanol–water partition coefficient (Wildman–Crippen LogP) is -0.161. The number of halogens is 2. The minimum Gasteiger partial charge on any atom is -1.00 e. The van der Waals surface area contributed by atoms with Crippen LogP contribution in [0.2, 0.25) is 3.12 Å². The van der Waals surface area contributed by atoms with Crippen molar-refractivity contribution in [2.24, 2.45) is 0 Å². The number of benzene rings is 2. The predicted molar refractivity (Wildman–Crippen MR) is 99.4 cm³/mol. The zero-order chi connectivity index (χ0) is 17.1. The quantitative estimate of drug-likeness (QED) is 0.497. The third-order valence-electron chi connectivity index (χ3n) is 6.42. The van der Waals surface area contributed by atoms with E-state index in [1.54, 1.807) is 20.0 Å². The van der Waals surface area contributed by atoms with Crippen LogP contribution in [0, 0.1) is 0 Å². The van der Waals surface area contributed by atoms with E-state index in [0.717, 1.165) is 6.42 Å². The zero-order valence-electron chi connectivity index (χ0n) is 16.0. The Kier molecular flexibility index (Phi) is 6.49. The van der Waals surface area contributed by atoms with Crippen LogP contribution in [0.25, 0.3) is 11.1 Å². The van der Waals surface area contributed by atoms with Crippen molar-refractivity contribution in [2.45, 2.75) is 44.2 Å². The molecule has 0 nitrogen and oxygen atoms in total. The third kappa shape index (κ3) is 3.11. The molecule has 2 aliphatic rings. The van der Waals surface area contributed by atoms with E-state index in [1.807, 2.05) is 0 Å². The van der Waals surface area contributed by atoms with E-state index in [4.69, 9.17) is 0 Å². The Morgan fingerprint density at radius 1 is 0.769 bits per heavy atom. The van der Waals surface area contributed by atoms with Crippen molar-refractivity contribution in [3.05, 3.63) is 75.9 Å². The molecule has 0 N–H and O–H groups in total. The minimum atomic E-state index is -0.789. The fraction of sp³-hybridized carbons (Fsp3) is 0.304. The van der Waals surface area contributed by atoms with Gasteiger partial charge in [0.25, 0.3) is 0 Å². The summed E-state index contributed by atoms with van der Waals surface area (Å²) in [5.74, 6) is 0. The molecule has 0 unspecified atom stereocenters. The molecule has 0 spiro atoms. The summed E-state index contributed by atoms with van der Waals surface area (Å²) in [5.41, 5.74) is 12.4. The molecule has 2 aromatic carbocycles. The molecule has 0 saturated heterocycles. The fourth-order valence-corrected chi connectivity index (χ4v) is 8.85. The van der Waals surface area contributed by atoms with Gasteiger partial charge in [-0.25, -0.2) is 0 Å². The van der Waals surface area contributed by atoms with Gasteiger partial charge in [-0.2, -0.15) is 0 Å². The Bertz CT molecular complexity index is 898. The maximum absolute atomic E-state index is 2.51. The molecule has 3 heteroatoms. The first-order valence-corrected chi connectivity index (χ1v) is 11.2. The van der Waals surface area contributed by atoms with E-state index >= 15 is 0 Å². The Hall–Kier alpha value is -0.617. The number of hydrogen-bond acceptors (Lipinski definition) is 0. The minimum absolute atomic E-state index is 0. The smallest absolute Gasteiger partial charge is 1.00 e. The van der Waals surface area contributed by atoms with Crippen molar-refractivity contribution in [2.75, 3.05) is 0 Å². The molecule has 0 fully saturated rings. The van der Waals surface area contributed by atoms with Crippen molar-refractivity contribution in [1.29, 1.82) is 0 Å². The zero-order valence-corrected chi connectivity index (χ0v) is 20.0. The summed E-state index contributed by atoms with van der Waals surface area (Å²) in [5, 5.41) is 0. The molecule has 134 valence electrons. The van der Waals surface area contributed by atoms with Gasteiger partial charge in [-0.3, -0.25) is 0 Å². The molecule has 0 amide bonds. The normalized spacial score (nSPS) is 16.5. The summed E-state index contributed by atoms with van der Waals surface area (Å²) in [6.45, 7) is 11.9. The van der Waals surface area contributed by atoms with E-state index in [2.05, 4.69) is 77.1 Å². The van der Waals surface area contributed by atoms with Crippen molar-refractivity contribution in [3.8, 4) is 11.1 Å². The van der Waals surface area contributed by atoms with Gasteiger partial charge in [0.2, 0.25) is 0 Å². The summed E-state index contributed by atoms with van der Waals surface area (Å²) >= 11 is -0.789. The molecule has 0 atom stereocenters. The molecule has 2 aliphatic carbocycles. The van der Waals surface area contributed by atoms with E-state index in [0.29, 0.717) is 3.12 Å². The van der Waals surface area contributed by atoms with Gasteiger partial charge in [0.1, 0.15) is 0 Å². The van der Waals surface area contributed by atoms with Gasteiger partial charge in [-0.05, 0) is 0 Å². The van der Waals surface area contributed by atoms with Crippen molar-refractivity contribution >= 4 is 3.27 Å². The van der Waals surface area contributed by atoms with Gasteiger partial charge < -0.3 is 24.8 Å². The Labute approximate surface area is 181 Å². The second-order valence-corrected chi connectivity index (χ2v) is 11.8. The van der Waals surface area contributed by atoms with Gasteiger partial charge in [0.15, 0.2) is 0 Å². The standard InChI is InChI=1S/C13H9.C10H15.2ClH.Zr/c1-3-7-12-10(5-1)9-11-6-2-4-8-13(11)12;1-6-7(2)9(4)10(5)8(6)3;;;/h1-5,7-8H,9H2;1-5H3;2*1H;/q;;;;+2/p-2. The van der Waals surface area contributed by atoms with E-state index in [-0.39, 0.29) is 24.8 Å². The molecular formula is C23H24Cl2Zr. The second-order valence-electron chi connectivity index (χ2n) is 7.42. The fourth-order valence-electron chi connectivity index (χ4n) is 4.32. The first kappa shape index (κ1) is 21.7. The molecular weight excluding hydrogens is 438 g/mol. The number of hydrogen-bond donors (Lipinski definition) is 0. The molecule has 26 heavy (non-hydrogen) atoms. The summed E-state index contributed by atoms with van der Waals surface area (Å²) in [6.07, 6.45) is 1.13. The van der Waals surface area contributed by atoms with Crippen LogP contribution in [0.3, 0.4) is 0 Å². The van der Waals surface area contributed by atoms with Crippen LogP contribution >= 0.6 is 0 Å². The molecule has 0 aliphatic heterocycles. The van der Waals surface area contributed by atoms with Crippen LogP contribution < -0.4 is 28.1 Å². The van der Waals surface area contributed by atoms with E-state index in [1.165, 1.54) is 27.8 Å². The summed E-state index contributed by atoms with van der Waals surface area (Å²) in [4.78, 5) is 0. The molecule has 0 radical (unpaired) electrons. The molecule has 4 rings (SSSR count). The number of allylic oxidation sites excluding steroid dienone is 4. The Morgan fingerprint density at radius 2 is 1.35 bits per heavy atom. The van der Waals surface area contributed by atoms with Gasteiger partial charge in [0.05, 0.1) is 0 Å². The summed E-state index contributed by atoms with van der Waals surface area (Å²) < 4.78 is 2.03. The van der Waals surface area contributed by atoms with Gasteiger partial charge in [0, 0.05) is 0 Å². The van der Waals surface area contributed by atoms with Gasteiger partial charge >= 0.3 is 158 Å². The maximum Gasteiger partial charge on any atom is -1.00 e. The van der Waals surface area contributed by atoms with Gasteiger partial charge in [-0.1, -0.05) is 0 Å². The largest absolute Gasteiger partial charge is 1.00 e. The number of fused-ring (bicyclic) bond motifs is 3. The maximum atomic E-state index is 2.51. The summed E-state index contributed by atoms with van der Waals surface area (Å²) in [7, 11) is 0. The van der Waals surface area contributed by atoms with Crippen molar-refractivity contribution < 1.29 is 48.0 Å². The average Bonchev–Trinajstić information content (AvgIpc) is 3.04. The third-order valence-corrected chi connectivity index (χ3v) is 11.3. The molecule has 0 aromatic heterocycles. The SMILES string of the molecule is CC1=C(C)[C](C)([Zr+2][c]2cccc3c2Cc2ccccc2-3)C(C)=C1C.[Cl-].[Cl-]. The van der Waals surface area contributed by atoms with Crippen LogP contribution in [0.4, 0.5) is 0 Å². The first-order valence-electron chi connectivity index (χ1n) is 8.78. The molecule has 0 saturated carbocycles. The van der Waals surface area contributed by atoms with Crippen LogP contribution in [0.1, 0.15) is 45.7 Å². The van der Waals surface area contributed by atoms with Crippen molar-refractivity contribution in [3.63, 3.8) is 0 Å². The van der Waals surface area contributed by atoms with Gasteiger partial charge in [-0.15, -0.1) is 0 Å². The van der Waals surface area contributed by atoms with E-state index in [9.17, 15) is 0 Å². The second kappa shape index (κ2) is 7.78. The molecule has 0 heterocycles. The Balaban J connectivity index is 0.00000121. The molecule has 2 aromatic rings. The van der Waals surface area contributed by atoms with Crippen LogP contribution in [-0.2, 0) is 29.7 Å². The molecule has 0 bridgehead atoms. The van der Waals surface area contributed by atoms with Crippen LogP contribution in [0.5, 0.6) is 0 Å². The van der Waals surface area contributed by atoms with Crippen LogP contribution in [-0.4, -0.2) is 0 Å². The monoisotopic (exact) mass is 460 g/mol. The van der Waals surface area contributed by atoms with Crippen molar-refractivity contribution in [1.82, 2.24) is 0 Å².